The summed E-state index contributed by atoms with van der Waals surface area (Å²) in [6, 6.07) is 16.4. The molecule has 4 aromatic rings. The number of aliphatic carboxylic acids is 1. The number of benzene rings is 2. The Bertz CT molecular complexity index is 1300. The van der Waals surface area contributed by atoms with Crippen molar-refractivity contribution in [2.24, 2.45) is 0 Å². The number of para-hydroxylation sites is 1. The number of nitrogen functional groups attached to an aromatic ring is 1. The Morgan fingerprint density at radius 1 is 1.03 bits per heavy atom. The molecule has 0 unspecified atom stereocenters. The molecule has 2 aromatic heterocycles. The summed E-state index contributed by atoms with van der Waals surface area (Å²) in [5.41, 5.74) is 7.58. The number of fused-ring (bicyclic) bond motifs is 1. The lowest BCUT2D eigenvalue weighted by Gasteiger charge is -2.09. The maximum absolute atomic E-state index is 12.5. The van der Waals surface area contributed by atoms with Crippen LogP contribution in [-0.2, 0) is 17.8 Å². The van der Waals surface area contributed by atoms with E-state index in [1.165, 1.54) is 4.57 Å². The molecule has 164 valence electrons. The number of H-pyrrole nitrogens is 1. The van der Waals surface area contributed by atoms with Gasteiger partial charge in [-0.3, -0.25) is 9.36 Å². The molecule has 0 saturated carbocycles. The second-order valence-corrected chi connectivity index (χ2v) is 7.01. The Hall–Kier alpha value is -4.34. The van der Waals surface area contributed by atoms with Crippen LogP contribution in [-0.4, -0.2) is 43.8 Å². The predicted octanol–water partition coefficient (Wildman–Crippen LogP) is 1.83. The number of carboxylic acid groups (broad SMARTS) is 1. The van der Waals surface area contributed by atoms with E-state index < -0.39 is 11.7 Å². The number of nitrogens with two attached hydrogens (primary N) is 1. The molecule has 2 aromatic carbocycles. The van der Waals surface area contributed by atoms with E-state index in [2.05, 4.69) is 15.0 Å². The van der Waals surface area contributed by atoms with Crippen LogP contribution in [0.2, 0.25) is 0 Å². The van der Waals surface area contributed by atoms with E-state index in [1.807, 2.05) is 30.3 Å². The van der Waals surface area contributed by atoms with Crippen molar-refractivity contribution in [3.05, 3.63) is 76.2 Å². The molecule has 0 radical (unpaired) electrons. The summed E-state index contributed by atoms with van der Waals surface area (Å²) >= 11 is 0. The second-order valence-electron chi connectivity index (χ2n) is 7.01. The van der Waals surface area contributed by atoms with Crippen LogP contribution in [0.1, 0.15) is 11.1 Å². The molecule has 4 N–H and O–H groups in total. The number of rotatable bonds is 9. The number of carbonyl (C=O) groups is 1. The van der Waals surface area contributed by atoms with Crippen LogP contribution in [0.5, 0.6) is 11.8 Å². The second kappa shape index (κ2) is 9.21. The monoisotopic (exact) mass is 435 g/mol. The van der Waals surface area contributed by atoms with Gasteiger partial charge in [-0.15, -0.1) is 0 Å². The number of aromatic nitrogens is 4. The van der Waals surface area contributed by atoms with E-state index in [9.17, 15) is 9.59 Å². The fourth-order valence-corrected chi connectivity index (χ4v) is 3.25. The number of carboxylic acids is 1. The fourth-order valence-electron chi connectivity index (χ4n) is 3.25. The number of nitrogens with zero attached hydrogens (tertiary/aromatic N) is 3. The third kappa shape index (κ3) is 4.86. The van der Waals surface area contributed by atoms with Gasteiger partial charge in [0.1, 0.15) is 24.5 Å². The van der Waals surface area contributed by atoms with Gasteiger partial charge in [-0.25, -0.2) is 4.79 Å². The molecular weight excluding hydrogens is 414 g/mol. The average Bonchev–Trinajstić information content (AvgIpc) is 3.08. The van der Waals surface area contributed by atoms with E-state index in [4.69, 9.17) is 20.3 Å². The first-order valence-corrected chi connectivity index (χ1v) is 9.86. The van der Waals surface area contributed by atoms with Crippen molar-refractivity contribution in [2.45, 2.75) is 13.0 Å². The zero-order chi connectivity index (χ0) is 22.5. The van der Waals surface area contributed by atoms with Gasteiger partial charge in [-0.1, -0.05) is 42.5 Å². The van der Waals surface area contributed by atoms with Crippen LogP contribution in [0.15, 0.2) is 59.4 Å². The zero-order valence-corrected chi connectivity index (χ0v) is 17.0. The van der Waals surface area contributed by atoms with E-state index in [1.54, 1.807) is 24.3 Å². The quantitative estimate of drug-likeness (QED) is 0.338. The molecule has 0 aliphatic carbocycles. The molecule has 4 rings (SSSR count). The first kappa shape index (κ1) is 20.9. The van der Waals surface area contributed by atoms with Crippen molar-refractivity contribution < 1.29 is 19.4 Å². The highest BCUT2D eigenvalue weighted by Crippen LogP contribution is 2.19. The van der Waals surface area contributed by atoms with E-state index in [0.29, 0.717) is 16.7 Å². The molecule has 32 heavy (non-hydrogen) atoms. The summed E-state index contributed by atoms with van der Waals surface area (Å²) in [6.45, 7) is 0.645. The van der Waals surface area contributed by atoms with Crippen LogP contribution in [0.4, 0.5) is 5.82 Å². The van der Waals surface area contributed by atoms with Gasteiger partial charge in [-0.2, -0.15) is 9.97 Å². The number of hydrogen-bond donors (Lipinski definition) is 3. The number of anilines is 1. The Morgan fingerprint density at radius 2 is 1.78 bits per heavy atom. The molecule has 10 nitrogen and oxygen atoms in total. The standard InChI is InChI=1S/C22H21N5O5/c23-19-18-20(26-21(25-19)32-10-9-31-16-7-2-1-3-8-16)27(22(30)24-18)13-15-6-4-5-14(11-15)12-17(28)29/h1-8,11H,9-10,12-13H2,(H,24,30)(H,28,29)(H2,23,25,26). The molecule has 0 amide bonds. The topological polar surface area (TPSA) is 145 Å². The van der Waals surface area contributed by atoms with Crippen molar-refractivity contribution in [3.63, 3.8) is 0 Å². The van der Waals surface area contributed by atoms with Crippen LogP contribution in [0.25, 0.3) is 11.2 Å². The predicted molar refractivity (Wildman–Crippen MR) is 117 cm³/mol. The fraction of sp³-hybridized carbons (Fsp3) is 0.182. The van der Waals surface area contributed by atoms with E-state index in [0.717, 1.165) is 11.3 Å². The zero-order valence-electron chi connectivity index (χ0n) is 17.0. The minimum atomic E-state index is -0.926. The average molecular weight is 435 g/mol. The van der Waals surface area contributed by atoms with Crippen LogP contribution < -0.4 is 20.9 Å². The minimum absolute atomic E-state index is 0.0269. The third-order valence-corrected chi connectivity index (χ3v) is 4.64. The Morgan fingerprint density at radius 3 is 2.56 bits per heavy atom. The number of imidazole rings is 1. The van der Waals surface area contributed by atoms with Gasteiger partial charge in [0.05, 0.1) is 13.0 Å². The highest BCUT2D eigenvalue weighted by molar-refractivity contribution is 5.82. The summed E-state index contributed by atoms with van der Waals surface area (Å²) in [7, 11) is 0. The lowest BCUT2D eigenvalue weighted by molar-refractivity contribution is -0.136. The van der Waals surface area contributed by atoms with E-state index in [-0.39, 0.29) is 38.0 Å². The van der Waals surface area contributed by atoms with Gasteiger partial charge in [0, 0.05) is 0 Å². The summed E-state index contributed by atoms with van der Waals surface area (Å²) in [4.78, 5) is 34.6. The maximum Gasteiger partial charge on any atom is 0.328 e. The van der Waals surface area contributed by atoms with Crippen molar-refractivity contribution in [1.82, 2.24) is 19.5 Å². The largest absolute Gasteiger partial charge is 0.490 e. The number of ether oxygens (including phenoxy) is 2. The third-order valence-electron chi connectivity index (χ3n) is 4.64. The summed E-state index contributed by atoms with van der Waals surface area (Å²) < 4.78 is 12.6. The molecule has 0 aliphatic rings. The van der Waals surface area contributed by atoms with Crippen LogP contribution in [0, 0.1) is 0 Å². The smallest absolute Gasteiger partial charge is 0.328 e. The number of hydrogen-bond acceptors (Lipinski definition) is 7. The first-order chi connectivity index (χ1) is 15.5. The normalized spacial score (nSPS) is 10.9. The summed E-state index contributed by atoms with van der Waals surface area (Å²) in [6.07, 6.45) is -0.102. The SMILES string of the molecule is Nc1nc(OCCOc2ccccc2)nc2c1[nH]c(=O)n2Cc1cccc(CC(=O)O)c1. The lowest BCUT2D eigenvalue weighted by Crippen LogP contribution is -2.18. The van der Waals surface area contributed by atoms with Crippen molar-refractivity contribution in [3.8, 4) is 11.8 Å². The molecule has 0 atom stereocenters. The molecule has 0 fully saturated rings. The Kier molecular flexibility index (Phi) is 6.02. The lowest BCUT2D eigenvalue weighted by atomic mass is 10.1. The molecule has 2 heterocycles. The molecule has 0 saturated heterocycles. The molecule has 10 heteroatoms. The Labute approximate surface area is 182 Å². The van der Waals surface area contributed by atoms with Crippen molar-refractivity contribution in [2.75, 3.05) is 18.9 Å². The summed E-state index contributed by atoms with van der Waals surface area (Å²) in [5.74, 6) is -0.119. The van der Waals surface area contributed by atoms with Gasteiger partial charge < -0.3 is 25.3 Å². The van der Waals surface area contributed by atoms with Crippen LogP contribution >= 0.6 is 0 Å². The highest BCUT2D eigenvalue weighted by atomic mass is 16.5. The van der Waals surface area contributed by atoms with Gasteiger partial charge >= 0.3 is 17.7 Å². The number of nitrogens with one attached hydrogen (secondary N) is 1. The minimum Gasteiger partial charge on any atom is -0.490 e. The number of aromatic amines is 1. The van der Waals surface area contributed by atoms with Gasteiger partial charge in [0.2, 0.25) is 0 Å². The molecule has 0 spiro atoms. The van der Waals surface area contributed by atoms with Crippen LogP contribution in [0.3, 0.4) is 0 Å². The molecular formula is C22H21N5O5. The van der Waals surface area contributed by atoms with E-state index >= 15 is 0 Å². The van der Waals surface area contributed by atoms with Gasteiger partial charge in [-0.05, 0) is 23.3 Å². The molecule has 0 bridgehead atoms. The molecule has 0 aliphatic heterocycles. The van der Waals surface area contributed by atoms with Gasteiger partial charge in [0.15, 0.2) is 11.5 Å². The first-order valence-electron chi connectivity index (χ1n) is 9.86. The Balaban J connectivity index is 1.52. The highest BCUT2D eigenvalue weighted by Gasteiger charge is 2.15. The van der Waals surface area contributed by atoms with Crippen molar-refractivity contribution >= 4 is 23.0 Å². The van der Waals surface area contributed by atoms with Gasteiger partial charge in [0.25, 0.3) is 0 Å². The van der Waals surface area contributed by atoms with Crippen molar-refractivity contribution in [1.29, 1.82) is 0 Å². The summed E-state index contributed by atoms with van der Waals surface area (Å²) in [5, 5.41) is 9.00. The maximum atomic E-state index is 12.5.